The van der Waals surface area contributed by atoms with Crippen LogP contribution in [0, 0.1) is 5.92 Å². The van der Waals surface area contributed by atoms with E-state index in [1.165, 1.54) is 45.2 Å². The van der Waals surface area contributed by atoms with Crippen molar-refractivity contribution in [3.63, 3.8) is 0 Å². The summed E-state index contributed by atoms with van der Waals surface area (Å²) < 4.78 is 0. The van der Waals surface area contributed by atoms with Crippen LogP contribution in [0.25, 0.3) is 0 Å². The molecule has 1 fully saturated rings. The van der Waals surface area contributed by atoms with Crippen LogP contribution in [0.2, 0.25) is 0 Å². The van der Waals surface area contributed by atoms with E-state index < -0.39 is 0 Å². The van der Waals surface area contributed by atoms with Gasteiger partial charge in [0.25, 0.3) is 0 Å². The average Bonchev–Trinajstić information content (AvgIpc) is 3.10. The Kier molecular flexibility index (Phi) is 7.25. The summed E-state index contributed by atoms with van der Waals surface area (Å²) in [5.41, 5.74) is 0. The van der Waals surface area contributed by atoms with Crippen molar-refractivity contribution in [1.29, 1.82) is 0 Å². The molecule has 2 heteroatoms. The summed E-state index contributed by atoms with van der Waals surface area (Å²) in [5, 5.41) is 3.72. The third kappa shape index (κ3) is 5.71. The van der Waals surface area contributed by atoms with E-state index in [0.29, 0.717) is 12.1 Å². The molecule has 0 aromatic heterocycles. The molecule has 0 aromatic rings. The molecule has 0 aromatic carbocycles. The second-order valence-corrected chi connectivity index (χ2v) is 6.53. The molecule has 2 nitrogen and oxygen atoms in total. The summed E-state index contributed by atoms with van der Waals surface area (Å²) in [6.07, 6.45) is 6.81. The molecule has 1 aliphatic carbocycles. The van der Waals surface area contributed by atoms with Crippen LogP contribution >= 0.6 is 0 Å². The Hall–Kier alpha value is -0.0800. The molecule has 0 saturated heterocycles. The lowest BCUT2D eigenvalue weighted by Gasteiger charge is -2.38. The zero-order valence-electron chi connectivity index (χ0n) is 13.2. The fourth-order valence-electron chi connectivity index (χ4n) is 2.66. The second kappa shape index (κ2) is 8.16. The lowest BCUT2D eigenvalue weighted by Crippen LogP contribution is -2.49. The molecular formula is C16H34N2. The highest BCUT2D eigenvalue weighted by Crippen LogP contribution is 2.21. The number of hydrogen-bond acceptors (Lipinski definition) is 2. The zero-order chi connectivity index (χ0) is 13.5. The van der Waals surface area contributed by atoms with Crippen LogP contribution in [0.1, 0.15) is 66.7 Å². The molecule has 1 aliphatic rings. The fraction of sp³-hybridized carbons (Fsp3) is 1.00. The highest BCUT2D eigenvalue weighted by Gasteiger charge is 2.27. The number of nitrogens with one attached hydrogen (secondary N) is 1. The van der Waals surface area contributed by atoms with Crippen molar-refractivity contribution in [1.82, 2.24) is 10.2 Å². The summed E-state index contributed by atoms with van der Waals surface area (Å²) in [7, 11) is 0. The SMILES string of the molecule is CCCCCN(C(C)C)C(CNC1CC1)C(C)C. The summed E-state index contributed by atoms with van der Waals surface area (Å²) in [6.45, 7) is 14.2. The van der Waals surface area contributed by atoms with Gasteiger partial charge in [0.05, 0.1) is 0 Å². The van der Waals surface area contributed by atoms with Gasteiger partial charge in [-0.1, -0.05) is 33.6 Å². The third-order valence-corrected chi connectivity index (χ3v) is 4.07. The molecular weight excluding hydrogens is 220 g/mol. The number of hydrogen-bond donors (Lipinski definition) is 1. The maximum absolute atomic E-state index is 3.72. The maximum Gasteiger partial charge on any atom is 0.0246 e. The molecule has 0 amide bonds. The number of nitrogens with zero attached hydrogens (tertiary/aromatic N) is 1. The predicted molar refractivity (Wildman–Crippen MR) is 81.0 cm³/mol. The van der Waals surface area contributed by atoms with E-state index in [9.17, 15) is 0 Å². The van der Waals surface area contributed by atoms with Crippen LogP contribution in [0.15, 0.2) is 0 Å². The zero-order valence-corrected chi connectivity index (χ0v) is 13.2. The molecule has 1 saturated carbocycles. The van der Waals surface area contributed by atoms with E-state index in [4.69, 9.17) is 0 Å². The first-order valence-corrected chi connectivity index (χ1v) is 8.05. The predicted octanol–water partition coefficient (Wildman–Crippen LogP) is 3.66. The number of unbranched alkanes of at least 4 members (excludes halogenated alkanes) is 2. The monoisotopic (exact) mass is 254 g/mol. The Morgan fingerprint density at radius 3 is 2.22 bits per heavy atom. The second-order valence-electron chi connectivity index (χ2n) is 6.53. The Bertz CT molecular complexity index is 209. The van der Waals surface area contributed by atoms with Crippen molar-refractivity contribution in [3.05, 3.63) is 0 Å². The Balaban J connectivity index is 2.45. The van der Waals surface area contributed by atoms with Crippen molar-refractivity contribution in [2.75, 3.05) is 13.1 Å². The molecule has 1 atom stereocenters. The van der Waals surface area contributed by atoms with Crippen LogP contribution in [-0.2, 0) is 0 Å². The molecule has 0 heterocycles. The Morgan fingerprint density at radius 2 is 1.78 bits per heavy atom. The van der Waals surface area contributed by atoms with Gasteiger partial charge in [-0.2, -0.15) is 0 Å². The molecule has 1 rings (SSSR count). The minimum absolute atomic E-state index is 0.662. The Morgan fingerprint density at radius 1 is 1.11 bits per heavy atom. The number of rotatable bonds is 10. The van der Waals surface area contributed by atoms with Gasteiger partial charge in [-0.15, -0.1) is 0 Å². The maximum atomic E-state index is 3.72. The van der Waals surface area contributed by atoms with E-state index in [1.807, 2.05) is 0 Å². The first-order valence-electron chi connectivity index (χ1n) is 8.05. The highest BCUT2D eigenvalue weighted by atomic mass is 15.2. The van der Waals surface area contributed by atoms with Gasteiger partial charge >= 0.3 is 0 Å². The smallest absolute Gasteiger partial charge is 0.0246 e. The van der Waals surface area contributed by atoms with Gasteiger partial charge in [-0.05, 0) is 45.6 Å². The average molecular weight is 254 g/mol. The van der Waals surface area contributed by atoms with Gasteiger partial charge in [0.15, 0.2) is 0 Å². The van der Waals surface area contributed by atoms with Gasteiger partial charge < -0.3 is 5.32 Å². The largest absolute Gasteiger partial charge is 0.312 e. The summed E-state index contributed by atoms with van der Waals surface area (Å²) in [4.78, 5) is 2.72. The minimum Gasteiger partial charge on any atom is -0.312 e. The Labute approximate surface area is 115 Å². The van der Waals surface area contributed by atoms with Crippen molar-refractivity contribution < 1.29 is 0 Å². The molecule has 0 radical (unpaired) electrons. The molecule has 0 spiro atoms. The lowest BCUT2D eigenvalue weighted by atomic mass is 10.00. The van der Waals surface area contributed by atoms with E-state index in [2.05, 4.69) is 44.8 Å². The topological polar surface area (TPSA) is 15.3 Å². The third-order valence-electron chi connectivity index (χ3n) is 4.07. The van der Waals surface area contributed by atoms with E-state index >= 15 is 0 Å². The molecule has 0 bridgehead atoms. The van der Waals surface area contributed by atoms with E-state index in [-0.39, 0.29) is 0 Å². The van der Waals surface area contributed by atoms with Crippen LogP contribution in [-0.4, -0.2) is 36.1 Å². The molecule has 18 heavy (non-hydrogen) atoms. The van der Waals surface area contributed by atoms with Crippen LogP contribution < -0.4 is 5.32 Å². The highest BCUT2D eigenvalue weighted by molar-refractivity contribution is 4.86. The van der Waals surface area contributed by atoms with Crippen molar-refractivity contribution in [2.45, 2.75) is 84.8 Å². The summed E-state index contributed by atoms with van der Waals surface area (Å²) in [5.74, 6) is 0.736. The van der Waals surface area contributed by atoms with Crippen LogP contribution in [0.4, 0.5) is 0 Å². The molecule has 108 valence electrons. The van der Waals surface area contributed by atoms with Crippen molar-refractivity contribution in [2.24, 2.45) is 5.92 Å². The van der Waals surface area contributed by atoms with Gasteiger partial charge in [0.1, 0.15) is 0 Å². The summed E-state index contributed by atoms with van der Waals surface area (Å²) in [6, 6.07) is 2.19. The summed E-state index contributed by atoms with van der Waals surface area (Å²) >= 11 is 0. The lowest BCUT2D eigenvalue weighted by molar-refractivity contribution is 0.113. The molecule has 1 N–H and O–H groups in total. The normalized spacial score (nSPS) is 18.0. The van der Waals surface area contributed by atoms with Crippen LogP contribution in [0.3, 0.4) is 0 Å². The van der Waals surface area contributed by atoms with Gasteiger partial charge in [-0.3, -0.25) is 4.90 Å². The quantitative estimate of drug-likeness (QED) is 0.599. The minimum atomic E-state index is 0.662. The standard InChI is InChI=1S/C16H34N2/c1-6-7-8-11-18(14(4)5)16(13(2)3)12-17-15-9-10-15/h13-17H,6-12H2,1-5H3. The first kappa shape index (κ1) is 16.0. The van der Waals surface area contributed by atoms with Gasteiger partial charge in [0, 0.05) is 24.7 Å². The van der Waals surface area contributed by atoms with Crippen molar-refractivity contribution in [3.8, 4) is 0 Å². The van der Waals surface area contributed by atoms with E-state index in [1.54, 1.807) is 0 Å². The molecule has 1 unspecified atom stereocenters. The van der Waals surface area contributed by atoms with Crippen molar-refractivity contribution >= 4 is 0 Å². The first-order chi connectivity index (χ1) is 8.56. The van der Waals surface area contributed by atoms with Crippen LogP contribution in [0.5, 0.6) is 0 Å². The van der Waals surface area contributed by atoms with E-state index in [0.717, 1.165) is 12.0 Å². The van der Waals surface area contributed by atoms with Gasteiger partial charge in [-0.25, -0.2) is 0 Å². The fourth-order valence-corrected chi connectivity index (χ4v) is 2.66. The van der Waals surface area contributed by atoms with Gasteiger partial charge in [0.2, 0.25) is 0 Å². The molecule has 0 aliphatic heterocycles.